The summed E-state index contributed by atoms with van der Waals surface area (Å²) in [7, 11) is 1.65. The summed E-state index contributed by atoms with van der Waals surface area (Å²) in [5, 5.41) is 27.7. The van der Waals surface area contributed by atoms with E-state index in [0.717, 1.165) is 36.4 Å². The van der Waals surface area contributed by atoms with Gasteiger partial charge < -0.3 is 5.11 Å². The third kappa shape index (κ3) is 4.90. The van der Waals surface area contributed by atoms with Crippen LogP contribution in [-0.4, -0.2) is 43.4 Å². The number of fused-ring (bicyclic) bond motifs is 5. The van der Waals surface area contributed by atoms with Gasteiger partial charge in [-0.1, -0.05) is 29.3 Å². The average Bonchev–Trinajstić information content (AvgIpc) is 3.83. The maximum Gasteiger partial charge on any atom is 0.269 e. The number of aromatic hydroxyl groups is 1. The predicted molar refractivity (Wildman–Crippen MR) is 202 cm³/mol. The highest BCUT2D eigenvalue weighted by atomic mass is 35.5. The molecule has 1 N–H and O–H groups in total. The number of phenols is 1. The third-order valence-electron chi connectivity index (χ3n) is 12.1. The summed E-state index contributed by atoms with van der Waals surface area (Å²) in [6, 6.07) is 16.4. The van der Waals surface area contributed by atoms with E-state index in [4.69, 9.17) is 16.7 Å². The van der Waals surface area contributed by atoms with E-state index < -0.39 is 75.1 Å². The molecular weight excluding hydrogens is 749 g/mol. The minimum atomic E-state index is -1.45. The van der Waals surface area contributed by atoms with E-state index in [-0.39, 0.29) is 30.0 Å². The molecule has 0 unspecified atom stereocenters. The molecule has 4 heterocycles. The number of aromatic nitrogens is 2. The number of phenolic OH excluding ortho intramolecular Hbond substituents is 1. The average molecular weight is 780 g/mol. The first-order chi connectivity index (χ1) is 26.2. The van der Waals surface area contributed by atoms with Crippen LogP contribution in [-0.2, 0) is 26.2 Å². The molecule has 0 radical (unpaired) electrons. The Hall–Kier alpha value is -5.73. The van der Waals surface area contributed by atoms with Crippen LogP contribution >= 0.6 is 22.9 Å². The molecule has 2 aromatic heterocycles. The fourth-order valence-electron chi connectivity index (χ4n) is 9.51. The number of nitrogens with zero attached hydrogens (tertiary/aromatic N) is 5. The van der Waals surface area contributed by atoms with E-state index in [9.17, 15) is 34.4 Å². The highest BCUT2D eigenvalue weighted by molar-refractivity contribution is 7.22. The van der Waals surface area contributed by atoms with Crippen molar-refractivity contribution in [1.82, 2.24) is 9.78 Å². The van der Waals surface area contributed by atoms with E-state index in [1.807, 2.05) is 31.2 Å². The number of carbonyl (C=O) groups excluding carboxylic acids is 4. The Labute approximate surface area is 321 Å². The maximum absolute atomic E-state index is 15.1. The summed E-state index contributed by atoms with van der Waals surface area (Å²) in [6.45, 7) is 3.65. The van der Waals surface area contributed by atoms with E-state index in [2.05, 4.69) is 0 Å². The molecule has 15 heteroatoms. The molecule has 9 rings (SSSR count). The van der Waals surface area contributed by atoms with Gasteiger partial charge in [0.2, 0.25) is 23.6 Å². The van der Waals surface area contributed by atoms with Crippen molar-refractivity contribution in [3.63, 3.8) is 0 Å². The number of nitro benzene ring substituents is 1. The van der Waals surface area contributed by atoms with Gasteiger partial charge >= 0.3 is 0 Å². The second-order valence-corrected chi connectivity index (χ2v) is 16.4. The summed E-state index contributed by atoms with van der Waals surface area (Å²) in [5.74, 6) is -7.46. The number of aryl methyl sites for hydroxylation is 2. The summed E-state index contributed by atoms with van der Waals surface area (Å²) in [6.07, 6.45) is 2.06. The first-order valence-electron chi connectivity index (χ1n) is 17.6. The Balaban J connectivity index is 1.14. The Morgan fingerprint density at radius 3 is 2.44 bits per heavy atom. The van der Waals surface area contributed by atoms with Crippen molar-refractivity contribution in [3.05, 3.63) is 110 Å². The highest BCUT2D eigenvalue weighted by Gasteiger charge is 2.68. The van der Waals surface area contributed by atoms with Crippen LogP contribution in [0.4, 0.5) is 21.6 Å². The number of allylic oxidation sites excluding steroid dienone is 2. The number of benzene rings is 3. The normalized spacial score (nSPS) is 26.1. The zero-order valence-corrected chi connectivity index (χ0v) is 31.1. The molecule has 4 aliphatic rings. The minimum absolute atomic E-state index is 0.0651. The van der Waals surface area contributed by atoms with Gasteiger partial charge in [-0.2, -0.15) is 5.10 Å². The molecule has 4 amide bonds. The molecule has 2 aliphatic heterocycles. The first kappa shape index (κ1) is 35.0. The number of halogens is 2. The third-order valence-corrected chi connectivity index (χ3v) is 13.6. The van der Waals surface area contributed by atoms with Gasteiger partial charge in [0, 0.05) is 40.9 Å². The molecule has 1 saturated carbocycles. The Kier molecular flexibility index (Phi) is 7.72. The van der Waals surface area contributed by atoms with Crippen LogP contribution in [0.1, 0.15) is 36.8 Å². The van der Waals surface area contributed by atoms with Gasteiger partial charge in [-0.05, 0) is 91.6 Å². The first-order valence-corrected chi connectivity index (χ1v) is 18.8. The number of hydrogen-bond donors (Lipinski definition) is 1. The Morgan fingerprint density at radius 2 is 1.73 bits per heavy atom. The molecular formula is C40H31ClFN5O7S. The number of non-ortho nitro benzene ring substituents is 1. The molecule has 0 spiro atoms. The predicted octanol–water partition coefficient (Wildman–Crippen LogP) is 7.45. The van der Waals surface area contributed by atoms with Gasteiger partial charge in [0.05, 0.1) is 38.7 Å². The number of nitro groups is 1. The molecule has 5 aromatic rings. The van der Waals surface area contributed by atoms with Crippen molar-refractivity contribution in [2.75, 3.05) is 9.80 Å². The van der Waals surface area contributed by atoms with Crippen molar-refractivity contribution in [1.29, 1.82) is 0 Å². The molecule has 55 heavy (non-hydrogen) atoms. The fourth-order valence-corrected chi connectivity index (χ4v) is 10.8. The van der Waals surface area contributed by atoms with Crippen LogP contribution in [0.15, 0.2) is 78.4 Å². The smallest absolute Gasteiger partial charge is 0.269 e. The summed E-state index contributed by atoms with van der Waals surface area (Å²) >= 11 is 7.80. The molecule has 6 atom stereocenters. The number of thiophene rings is 1. The lowest BCUT2D eigenvalue weighted by atomic mass is 9.51. The number of carbonyl (C=O) groups is 4. The zero-order chi connectivity index (χ0) is 38.8. The van der Waals surface area contributed by atoms with Crippen LogP contribution in [0.5, 0.6) is 5.75 Å². The lowest BCUT2D eigenvalue weighted by Gasteiger charge is -2.49. The largest absolute Gasteiger partial charge is 0.505 e. The quantitative estimate of drug-likeness (QED) is 0.0835. The van der Waals surface area contributed by atoms with Gasteiger partial charge in [0.1, 0.15) is 11.5 Å². The second-order valence-electron chi connectivity index (χ2n) is 14.9. The topological polar surface area (TPSA) is 156 Å². The summed E-state index contributed by atoms with van der Waals surface area (Å²) in [4.78, 5) is 71.8. The molecule has 2 saturated heterocycles. The number of hydrogen-bond acceptors (Lipinski definition) is 9. The van der Waals surface area contributed by atoms with Gasteiger partial charge in [-0.25, -0.2) is 9.29 Å². The van der Waals surface area contributed by atoms with Gasteiger partial charge in [0.15, 0.2) is 11.6 Å². The fraction of sp³-hybridized carbons (Fsp3) is 0.275. The summed E-state index contributed by atoms with van der Waals surface area (Å²) in [5.41, 5.74) is 1.04. The van der Waals surface area contributed by atoms with Crippen molar-refractivity contribution in [2.45, 2.75) is 32.6 Å². The number of anilines is 2. The molecule has 2 aliphatic carbocycles. The van der Waals surface area contributed by atoms with Crippen molar-refractivity contribution >= 4 is 73.8 Å². The molecule has 3 aromatic carbocycles. The summed E-state index contributed by atoms with van der Waals surface area (Å²) < 4.78 is 17.6. The van der Waals surface area contributed by atoms with Crippen LogP contribution < -0.4 is 9.80 Å². The second kappa shape index (κ2) is 12.1. The van der Waals surface area contributed by atoms with E-state index >= 15 is 4.39 Å². The van der Waals surface area contributed by atoms with Crippen LogP contribution in [0, 0.1) is 51.9 Å². The van der Waals surface area contributed by atoms with Crippen LogP contribution in [0.2, 0.25) is 5.02 Å². The van der Waals surface area contributed by atoms with E-state index in [1.54, 1.807) is 20.0 Å². The van der Waals surface area contributed by atoms with Gasteiger partial charge in [0.25, 0.3) is 5.69 Å². The lowest BCUT2D eigenvalue weighted by molar-refractivity contribution is -0.384. The number of rotatable bonds is 5. The molecule has 12 nitrogen and oxygen atoms in total. The number of amides is 4. The Bertz CT molecular complexity index is 2600. The van der Waals surface area contributed by atoms with Crippen LogP contribution in [0.25, 0.3) is 20.7 Å². The van der Waals surface area contributed by atoms with E-state index in [1.165, 1.54) is 52.4 Å². The van der Waals surface area contributed by atoms with Gasteiger partial charge in [-0.3, -0.25) is 38.9 Å². The van der Waals surface area contributed by atoms with Crippen LogP contribution in [0.3, 0.4) is 0 Å². The number of imide groups is 2. The van der Waals surface area contributed by atoms with Crippen molar-refractivity contribution < 1.29 is 33.6 Å². The SMILES string of the molecule is Cc1c(-c2cc(N3C(=O)[C@@H]4C[C@@H]5C(=CC[C@@H]6C(=O)N(c7ccc([N+](=O)[O-])cc7)C(=O)[C@@H]65)[C@H](c5ccc(O)c(F)c5)[C@]4(C)C3=O)n(C)n2)sc2ccc(Cl)cc12. The standard InChI is InChI=1S/C40H31ClFN5O7S/c1-18-25-15-20(41)5-13-31(25)55-35(18)29-17-32(44(3)43-29)46-37(50)27-16-26-23(34(40(27,2)39(46)52)19-4-12-30(48)28(42)14-19)10-11-24-33(26)38(51)45(36(24)49)21-6-8-22(9-7-21)47(53)54/h4-10,12-15,17,24,26-27,33-34,48H,11,16H2,1-3H3/t24-,26+,27-,33-,34-,40+/m0/s1. The molecule has 278 valence electrons. The molecule has 3 fully saturated rings. The minimum Gasteiger partial charge on any atom is -0.505 e. The molecule has 0 bridgehead atoms. The van der Waals surface area contributed by atoms with Gasteiger partial charge in [-0.15, -0.1) is 11.3 Å². The lowest BCUT2D eigenvalue weighted by Crippen LogP contribution is -2.49. The Morgan fingerprint density at radius 1 is 0.982 bits per heavy atom. The van der Waals surface area contributed by atoms with Crippen molar-refractivity contribution in [3.8, 4) is 16.3 Å². The highest BCUT2D eigenvalue weighted by Crippen LogP contribution is 2.64. The maximum atomic E-state index is 15.1. The van der Waals surface area contributed by atoms with E-state index in [0.29, 0.717) is 21.9 Å². The zero-order valence-electron chi connectivity index (χ0n) is 29.5. The van der Waals surface area contributed by atoms with Crippen molar-refractivity contribution in [2.24, 2.45) is 36.1 Å². The monoisotopic (exact) mass is 779 g/mol.